The Labute approximate surface area is 150 Å². The van der Waals surface area contributed by atoms with E-state index in [4.69, 9.17) is 5.73 Å². The number of benzene rings is 1. The number of nitrogens with one attached hydrogen (secondary N) is 2. The fraction of sp³-hybridized carbons (Fsp3) is 0.556. The molecule has 2 unspecified atom stereocenters. The topological polar surface area (TPSA) is 84.2 Å². The van der Waals surface area contributed by atoms with Gasteiger partial charge in [0.2, 0.25) is 11.8 Å². The fourth-order valence-corrected chi connectivity index (χ4v) is 2.95. The number of rotatable bonds is 8. The second kappa shape index (κ2) is 10.3. The first-order valence-corrected chi connectivity index (χ1v) is 8.52. The zero-order valence-corrected chi connectivity index (χ0v) is 15.0. The first-order chi connectivity index (χ1) is 11.1. The van der Waals surface area contributed by atoms with Crippen LogP contribution < -0.4 is 16.4 Å². The van der Waals surface area contributed by atoms with Gasteiger partial charge in [-0.05, 0) is 30.9 Å². The van der Waals surface area contributed by atoms with Gasteiger partial charge in [-0.2, -0.15) is 0 Å². The summed E-state index contributed by atoms with van der Waals surface area (Å²) in [4.78, 5) is 24.2. The molecule has 2 amide bonds. The van der Waals surface area contributed by atoms with Crippen LogP contribution in [0.25, 0.3) is 0 Å². The molecule has 2 atom stereocenters. The molecule has 2 rings (SSSR count). The standard InChI is InChI=1S/C18H27N3O2.ClH/c1-2-3-7-15(12-19)20-17(22)10-9-14-11-13-6-4-5-8-16(13)21-18(14)23;/h4-6,8,14-15H,2-3,7,9-12,19H2,1H3,(H,20,22)(H,21,23);1H. The lowest BCUT2D eigenvalue weighted by Gasteiger charge is -2.24. The summed E-state index contributed by atoms with van der Waals surface area (Å²) in [5.74, 6) is -0.135. The highest BCUT2D eigenvalue weighted by atomic mass is 35.5. The second-order valence-electron chi connectivity index (χ2n) is 6.23. The fourth-order valence-electron chi connectivity index (χ4n) is 2.95. The van der Waals surface area contributed by atoms with E-state index in [-0.39, 0.29) is 36.2 Å². The molecule has 1 heterocycles. The number of hydrogen-bond donors (Lipinski definition) is 3. The normalized spacial score (nSPS) is 17.2. The van der Waals surface area contributed by atoms with E-state index < -0.39 is 0 Å². The van der Waals surface area contributed by atoms with Crippen molar-refractivity contribution in [1.29, 1.82) is 0 Å². The SMILES string of the molecule is CCCCC(CN)NC(=O)CCC1Cc2ccccc2NC1=O.Cl. The Bertz CT molecular complexity index is 551. The molecule has 0 aliphatic carbocycles. The van der Waals surface area contributed by atoms with Crippen molar-refractivity contribution in [3.05, 3.63) is 29.8 Å². The van der Waals surface area contributed by atoms with Crippen molar-refractivity contribution in [1.82, 2.24) is 5.32 Å². The van der Waals surface area contributed by atoms with E-state index in [2.05, 4.69) is 17.6 Å². The molecule has 0 saturated heterocycles. The zero-order valence-electron chi connectivity index (χ0n) is 14.2. The summed E-state index contributed by atoms with van der Waals surface area (Å²) in [6.07, 6.45) is 4.69. The van der Waals surface area contributed by atoms with E-state index in [0.717, 1.165) is 30.5 Å². The molecule has 0 spiro atoms. The Morgan fingerprint density at radius 3 is 2.88 bits per heavy atom. The van der Waals surface area contributed by atoms with E-state index in [1.54, 1.807) is 0 Å². The third-order valence-corrected chi connectivity index (χ3v) is 4.39. The molecule has 1 aromatic carbocycles. The molecule has 4 N–H and O–H groups in total. The van der Waals surface area contributed by atoms with Crippen LogP contribution in [0, 0.1) is 5.92 Å². The van der Waals surface area contributed by atoms with Crippen molar-refractivity contribution >= 4 is 29.9 Å². The number of carbonyl (C=O) groups is 2. The maximum atomic E-state index is 12.1. The van der Waals surface area contributed by atoms with E-state index in [1.165, 1.54) is 0 Å². The Kier molecular flexibility index (Phi) is 8.79. The Hall–Kier alpha value is -1.59. The van der Waals surface area contributed by atoms with E-state index >= 15 is 0 Å². The van der Waals surface area contributed by atoms with Gasteiger partial charge in [0.05, 0.1) is 0 Å². The van der Waals surface area contributed by atoms with Crippen molar-refractivity contribution in [3.63, 3.8) is 0 Å². The third-order valence-electron chi connectivity index (χ3n) is 4.39. The van der Waals surface area contributed by atoms with Crippen LogP contribution in [0.4, 0.5) is 5.69 Å². The van der Waals surface area contributed by atoms with Crippen molar-refractivity contribution in [3.8, 4) is 0 Å². The van der Waals surface area contributed by atoms with Crippen LogP contribution >= 0.6 is 12.4 Å². The summed E-state index contributed by atoms with van der Waals surface area (Å²) in [7, 11) is 0. The average molecular weight is 354 g/mol. The number of hydrogen-bond acceptors (Lipinski definition) is 3. The minimum atomic E-state index is -0.136. The number of para-hydroxylation sites is 1. The first-order valence-electron chi connectivity index (χ1n) is 8.52. The van der Waals surface area contributed by atoms with Crippen LogP contribution in [0.15, 0.2) is 24.3 Å². The van der Waals surface area contributed by atoms with Gasteiger partial charge in [-0.1, -0.05) is 38.0 Å². The third kappa shape index (κ3) is 5.80. The van der Waals surface area contributed by atoms with Crippen molar-refractivity contribution in [2.75, 3.05) is 11.9 Å². The lowest BCUT2D eigenvalue weighted by Crippen LogP contribution is -2.40. The minimum absolute atomic E-state index is 0. The molecule has 0 bridgehead atoms. The number of fused-ring (bicyclic) bond motifs is 1. The van der Waals surface area contributed by atoms with Crippen LogP contribution in [-0.2, 0) is 16.0 Å². The summed E-state index contributed by atoms with van der Waals surface area (Å²) in [5, 5.41) is 5.90. The van der Waals surface area contributed by atoms with E-state index in [0.29, 0.717) is 25.8 Å². The maximum absolute atomic E-state index is 12.1. The molecular formula is C18H28ClN3O2. The molecule has 5 nitrogen and oxygen atoms in total. The number of anilines is 1. The summed E-state index contributed by atoms with van der Waals surface area (Å²) in [5.41, 5.74) is 7.73. The van der Waals surface area contributed by atoms with Crippen LogP contribution in [-0.4, -0.2) is 24.4 Å². The molecule has 1 aromatic rings. The van der Waals surface area contributed by atoms with E-state index in [1.807, 2.05) is 24.3 Å². The van der Waals surface area contributed by atoms with Crippen molar-refractivity contribution in [2.45, 2.75) is 51.5 Å². The Morgan fingerprint density at radius 2 is 2.17 bits per heavy atom. The highest BCUT2D eigenvalue weighted by Crippen LogP contribution is 2.27. The summed E-state index contributed by atoms with van der Waals surface area (Å²) < 4.78 is 0. The number of halogens is 1. The molecule has 134 valence electrons. The van der Waals surface area contributed by atoms with Gasteiger partial charge in [0.25, 0.3) is 0 Å². The molecule has 1 aliphatic rings. The van der Waals surface area contributed by atoms with Crippen LogP contribution in [0.3, 0.4) is 0 Å². The molecule has 24 heavy (non-hydrogen) atoms. The second-order valence-corrected chi connectivity index (χ2v) is 6.23. The van der Waals surface area contributed by atoms with Gasteiger partial charge in [0, 0.05) is 30.6 Å². The molecule has 6 heteroatoms. The summed E-state index contributed by atoms with van der Waals surface area (Å²) >= 11 is 0. The van der Waals surface area contributed by atoms with Gasteiger partial charge in [0.15, 0.2) is 0 Å². The largest absolute Gasteiger partial charge is 0.352 e. The van der Waals surface area contributed by atoms with Crippen LogP contribution in [0.2, 0.25) is 0 Å². The highest BCUT2D eigenvalue weighted by Gasteiger charge is 2.26. The smallest absolute Gasteiger partial charge is 0.227 e. The molecule has 0 radical (unpaired) electrons. The summed E-state index contributed by atoms with van der Waals surface area (Å²) in [6, 6.07) is 7.87. The zero-order chi connectivity index (χ0) is 16.7. The number of carbonyl (C=O) groups excluding carboxylic acids is 2. The minimum Gasteiger partial charge on any atom is -0.352 e. The highest BCUT2D eigenvalue weighted by molar-refractivity contribution is 5.96. The maximum Gasteiger partial charge on any atom is 0.227 e. The Balaban J connectivity index is 0.00000288. The molecule has 0 saturated carbocycles. The number of amides is 2. The summed E-state index contributed by atoms with van der Waals surface area (Å²) in [6.45, 7) is 2.58. The van der Waals surface area contributed by atoms with E-state index in [9.17, 15) is 9.59 Å². The first kappa shape index (κ1) is 20.5. The molecule has 0 aromatic heterocycles. The van der Waals surface area contributed by atoms with Crippen molar-refractivity contribution < 1.29 is 9.59 Å². The molecule has 1 aliphatic heterocycles. The average Bonchev–Trinajstić information content (AvgIpc) is 2.56. The predicted molar refractivity (Wildman–Crippen MR) is 99.3 cm³/mol. The number of unbranched alkanes of at least 4 members (excludes halogenated alkanes) is 1. The molecular weight excluding hydrogens is 326 g/mol. The van der Waals surface area contributed by atoms with Crippen molar-refractivity contribution in [2.24, 2.45) is 11.7 Å². The monoisotopic (exact) mass is 353 g/mol. The number of nitrogens with two attached hydrogens (primary N) is 1. The Morgan fingerprint density at radius 1 is 1.42 bits per heavy atom. The van der Waals surface area contributed by atoms with Gasteiger partial charge in [-0.25, -0.2) is 0 Å². The van der Waals surface area contributed by atoms with Gasteiger partial charge in [-0.15, -0.1) is 12.4 Å². The quantitative estimate of drug-likeness (QED) is 0.671. The van der Waals surface area contributed by atoms with Gasteiger partial charge in [-0.3, -0.25) is 9.59 Å². The van der Waals surface area contributed by atoms with Gasteiger partial charge < -0.3 is 16.4 Å². The van der Waals surface area contributed by atoms with Gasteiger partial charge in [0.1, 0.15) is 0 Å². The van der Waals surface area contributed by atoms with Crippen LogP contribution in [0.1, 0.15) is 44.6 Å². The lowest BCUT2D eigenvalue weighted by atomic mass is 9.89. The van der Waals surface area contributed by atoms with Gasteiger partial charge >= 0.3 is 0 Å². The lowest BCUT2D eigenvalue weighted by molar-refractivity contribution is -0.123. The molecule has 0 fully saturated rings. The van der Waals surface area contributed by atoms with Crippen LogP contribution in [0.5, 0.6) is 0 Å². The predicted octanol–water partition coefficient (Wildman–Crippen LogP) is 2.63.